The second-order valence-electron chi connectivity index (χ2n) is 4.34. The number of hydrogen-bond acceptors (Lipinski definition) is 4. The zero-order chi connectivity index (χ0) is 14.0. The van der Waals surface area contributed by atoms with Gasteiger partial charge in [0, 0.05) is 36.9 Å². The molecule has 1 aliphatic rings. The van der Waals surface area contributed by atoms with Gasteiger partial charge in [-0.05, 0) is 22.0 Å². The highest BCUT2D eigenvalue weighted by molar-refractivity contribution is 9.10. The Morgan fingerprint density at radius 3 is 2.84 bits per heavy atom. The van der Waals surface area contributed by atoms with Crippen molar-refractivity contribution in [1.29, 1.82) is 0 Å². The molecule has 1 aliphatic heterocycles. The van der Waals surface area contributed by atoms with Gasteiger partial charge < -0.3 is 14.7 Å². The van der Waals surface area contributed by atoms with Gasteiger partial charge in [0.2, 0.25) is 0 Å². The lowest BCUT2D eigenvalue weighted by atomic mass is 10.0. The lowest BCUT2D eigenvalue weighted by molar-refractivity contribution is -0.160. The Balaban J connectivity index is 2.20. The van der Waals surface area contributed by atoms with Gasteiger partial charge >= 0.3 is 5.97 Å². The summed E-state index contributed by atoms with van der Waals surface area (Å²) in [5.41, 5.74) is -0.831. The number of carboxylic acids is 1. The molecule has 1 aromatic heterocycles. The summed E-state index contributed by atoms with van der Waals surface area (Å²) in [7, 11) is 1.35. The molecule has 2 rings (SSSR count). The van der Waals surface area contributed by atoms with Crippen LogP contribution >= 0.6 is 15.9 Å². The standard InChI is InChI=1S/C12H13BrN2O4/c1-19-12(11(17)18)3-5-15(7-12)10(16)8-2-4-14-6-9(8)13/h2,4,6H,3,5,7H2,1H3,(H,17,18). The molecular formula is C12H13BrN2O4. The molecule has 1 amide bonds. The van der Waals surface area contributed by atoms with Crippen molar-refractivity contribution in [3.63, 3.8) is 0 Å². The fourth-order valence-corrected chi connectivity index (χ4v) is 2.52. The quantitative estimate of drug-likeness (QED) is 0.900. The van der Waals surface area contributed by atoms with Crippen LogP contribution in [-0.2, 0) is 9.53 Å². The molecule has 0 aliphatic carbocycles. The number of likely N-dealkylation sites (tertiary alicyclic amines) is 1. The summed E-state index contributed by atoms with van der Waals surface area (Å²) in [5, 5.41) is 9.21. The minimum absolute atomic E-state index is 0.0480. The average Bonchev–Trinajstić information content (AvgIpc) is 2.84. The van der Waals surface area contributed by atoms with E-state index in [0.29, 0.717) is 16.6 Å². The van der Waals surface area contributed by atoms with E-state index in [1.54, 1.807) is 6.07 Å². The lowest BCUT2D eigenvalue weighted by Gasteiger charge is -2.23. The number of methoxy groups -OCH3 is 1. The third kappa shape index (κ3) is 2.48. The number of carbonyl (C=O) groups is 2. The van der Waals surface area contributed by atoms with Crippen molar-refractivity contribution in [2.75, 3.05) is 20.2 Å². The highest BCUT2D eigenvalue weighted by Gasteiger charge is 2.46. The Labute approximate surface area is 118 Å². The topological polar surface area (TPSA) is 79.7 Å². The molecule has 1 fully saturated rings. The first kappa shape index (κ1) is 14.0. The Morgan fingerprint density at radius 2 is 2.32 bits per heavy atom. The maximum Gasteiger partial charge on any atom is 0.337 e. The van der Waals surface area contributed by atoms with Gasteiger partial charge in [0.05, 0.1) is 12.1 Å². The minimum Gasteiger partial charge on any atom is -0.479 e. The summed E-state index contributed by atoms with van der Waals surface area (Å²) in [6.07, 6.45) is 3.34. The van der Waals surface area contributed by atoms with Crippen LogP contribution in [0, 0.1) is 0 Å². The number of carboxylic acid groups (broad SMARTS) is 1. The fourth-order valence-electron chi connectivity index (χ4n) is 2.10. The van der Waals surface area contributed by atoms with E-state index in [2.05, 4.69) is 20.9 Å². The van der Waals surface area contributed by atoms with Crippen LogP contribution in [0.3, 0.4) is 0 Å². The lowest BCUT2D eigenvalue weighted by Crippen LogP contribution is -2.44. The normalized spacial score (nSPS) is 22.5. The average molecular weight is 329 g/mol. The van der Waals surface area contributed by atoms with Crippen LogP contribution in [0.15, 0.2) is 22.9 Å². The van der Waals surface area contributed by atoms with E-state index in [-0.39, 0.29) is 18.9 Å². The van der Waals surface area contributed by atoms with E-state index in [1.807, 2.05) is 0 Å². The van der Waals surface area contributed by atoms with Gasteiger partial charge in [-0.3, -0.25) is 9.78 Å². The number of halogens is 1. The van der Waals surface area contributed by atoms with E-state index in [0.717, 1.165) is 0 Å². The summed E-state index contributed by atoms with van der Waals surface area (Å²) < 4.78 is 5.68. The number of ether oxygens (including phenoxy) is 1. The molecule has 1 aromatic rings. The molecular weight excluding hydrogens is 316 g/mol. The third-order valence-electron chi connectivity index (χ3n) is 3.30. The van der Waals surface area contributed by atoms with Gasteiger partial charge in [-0.25, -0.2) is 4.79 Å². The van der Waals surface area contributed by atoms with Crippen molar-refractivity contribution < 1.29 is 19.4 Å². The summed E-state index contributed by atoms with van der Waals surface area (Å²) in [5.74, 6) is -1.27. The number of rotatable bonds is 3. The number of carbonyl (C=O) groups excluding carboxylic acids is 1. The number of aromatic nitrogens is 1. The molecule has 102 valence electrons. The van der Waals surface area contributed by atoms with Crippen LogP contribution in [-0.4, -0.2) is 52.7 Å². The van der Waals surface area contributed by atoms with Crippen molar-refractivity contribution in [1.82, 2.24) is 9.88 Å². The van der Waals surface area contributed by atoms with Crippen LogP contribution in [0.4, 0.5) is 0 Å². The molecule has 0 radical (unpaired) electrons. The molecule has 0 saturated carbocycles. The highest BCUT2D eigenvalue weighted by atomic mass is 79.9. The van der Waals surface area contributed by atoms with Crippen LogP contribution in [0.25, 0.3) is 0 Å². The SMILES string of the molecule is COC1(C(=O)O)CCN(C(=O)c2ccncc2Br)C1. The second kappa shape index (κ2) is 5.26. The van der Waals surface area contributed by atoms with E-state index in [4.69, 9.17) is 4.74 Å². The molecule has 1 saturated heterocycles. The molecule has 1 atom stereocenters. The van der Waals surface area contributed by atoms with Crippen molar-refractivity contribution in [2.45, 2.75) is 12.0 Å². The van der Waals surface area contributed by atoms with Gasteiger partial charge in [0.15, 0.2) is 5.60 Å². The van der Waals surface area contributed by atoms with Crippen LogP contribution in [0.5, 0.6) is 0 Å². The molecule has 0 spiro atoms. The maximum absolute atomic E-state index is 12.3. The molecule has 1 unspecified atom stereocenters. The molecule has 1 N–H and O–H groups in total. The highest BCUT2D eigenvalue weighted by Crippen LogP contribution is 2.27. The summed E-state index contributed by atoms with van der Waals surface area (Å²) in [6.45, 7) is 0.403. The molecule has 6 nitrogen and oxygen atoms in total. The van der Waals surface area contributed by atoms with Crippen LogP contribution in [0.2, 0.25) is 0 Å². The van der Waals surface area contributed by atoms with Crippen molar-refractivity contribution in [3.05, 3.63) is 28.5 Å². The van der Waals surface area contributed by atoms with E-state index in [9.17, 15) is 14.7 Å². The maximum atomic E-state index is 12.3. The smallest absolute Gasteiger partial charge is 0.337 e. The van der Waals surface area contributed by atoms with Crippen LogP contribution < -0.4 is 0 Å². The fraction of sp³-hybridized carbons (Fsp3) is 0.417. The zero-order valence-corrected chi connectivity index (χ0v) is 11.9. The monoisotopic (exact) mass is 328 g/mol. The zero-order valence-electron chi connectivity index (χ0n) is 10.3. The molecule has 2 heterocycles. The Kier molecular flexibility index (Phi) is 3.86. The van der Waals surface area contributed by atoms with E-state index < -0.39 is 11.6 Å². The van der Waals surface area contributed by atoms with Gasteiger partial charge in [0.25, 0.3) is 5.91 Å². The first-order valence-corrected chi connectivity index (χ1v) is 6.47. The van der Waals surface area contributed by atoms with Crippen LogP contribution in [0.1, 0.15) is 16.8 Å². The van der Waals surface area contributed by atoms with Gasteiger partial charge in [0.1, 0.15) is 0 Å². The number of aliphatic carboxylic acids is 1. The first-order chi connectivity index (χ1) is 9.00. The molecule has 19 heavy (non-hydrogen) atoms. The van der Waals surface area contributed by atoms with E-state index >= 15 is 0 Å². The van der Waals surface area contributed by atoms with Crippen molar-refractivity contribution >= 4 is 27.8 Å². The van der Waals surface area contributed by atoms with Gasteiger partial charge in [-0.1, -0.05) is 0 Å². The predicted octanol–water partition coefficient (Wildman–Crippen LogP) is 1.16. The van der Waals surface area contributed by atoms with Gasteiger partial charge in [-0.2, -0.15) is 0 Å². The number of pyridine rings is 1. The predicted molar refractivity (Wildman–Crippen MR) is 69.8 cm³/mol. The second-order valence-corrected chi connectivity index (χ2v) is 5.19. The van der Waals surface area contributed by atoms with E-state index in [1.165, 1.54) is 24.4 Å². The minimum atomic E-state index is -1.30. The Morgan fingerprint density at radius 1 is 1.58 bits per heavy atom. The molecule has 0 bridgehead atoms. The Bertz CT molecular complexity index is 522. The number of nitrogens with zero attached hydrogens (tertiary/aromatic N) is 2. The summed E-state index contributed by atoms with van der Waals surface area (Å²) in [4.78, 5) is 28.9. The first-order valence-electron chi connectivity index (χ1n) is 5.67. The summed E-state index contributed by atoms with van der Waals surface area (Å²) in [6, 6.07) is 1.60. The number of amides is 1. The number of hydrogen-bond donors (Lipinski definition) is 1. The van der Waals surface area contributed by atoms with Gasteiger partial charge in [-0.15, -0.1) is 0 Å². The molecule has 0 aromatic carbocycles. The molecule has 7 heteroatoms. The van der Waals surface area contributed by atoms with Crippen molar-refractivity contribution in [3.8, 4) is 0 Å². The largest absolute Gasteiger partial charge is 0.479 e. The Hall–Kier alpha value is -1.47. The third-order valence-corrected chi connectivity index (χ3v) is 3.93. The van der Waals surface area contributed by atoms with Crippen molar-refractivity contribution in [2.24, 2.45) is 0 Å². The summed E-state index contributed by atoms with van der Waals surface area (Å²) >= 11 is 3.26.